The number of azide groups is 1. The van der Waals surface area contributed by atoms with E-state index in [0.717, 1.165) is 0 Å². The summed E-state index contributed by atoms with van der Waals surface area (Å²) in [6, 6.07) is 0. The van der Waals surface area contributed by atoms with E-state index < -0.39 is 18.2 Å². The number of esters is 1. The Labute approximate surface area is 102 Å². The van der Waals surface area contributed by atoms with E-state index in [1.165, 1.54) is 13.3 Å². The summed E-state index contributed by atoms with van der Waals surface area (Å²) in [5.74, 6) is -0.691. The molecule has 1 aromatic rings. The quantitative estimate of drug-likeness (QED) is 0.289. The van der Waals surface area contributed by atoms with Crippen LogP contribution in [-0.4, -0.2) is 46.1 Å². The fourth-order valence-corrected chi connectivity index (χ4v) is 1.39. The number of hydrogen-bond acceptors (Lipinski definition) is 6. The standard InChI is InChI=1S/C9H13N5O4/c1-18-9(17)7-5(4-12-13-7)8(16)6(15)2-3-11-14-10/h4,6,8,15-16H,2-3H2,1H3,(H,12,13). The molecule has 98 valence electrons. The molecule has 0 saturated heterocycles. The van der Waals surface area contributed by atoms with E-state index >= 15 is 0 Å². The van der Waals surface area contributed by atoms with Crippen LogP contribution in [0.15, 0.2) is 11.3 Å². The Morgan fingerprint density at radius 2 is 2.44 bits per heavy atom. The average molecular weight is 255 g/mol. The minimum atomic E-state index is -1.31. The van der Waals surface area contributed by atoms with Gasteiger partial charge in [0.2, 0.25) is 0 Å². The minimum Gasteiger partial charge on any atom is -0.464 e. The van der Waals surface area contributed by atoms with Gasteiger partial charge in [-0.15, -0.1) is 0 Å². The molecule has 2 unspecified atom stereocenters. The van der Waals surface area contributed by atoms with Gasteiger partial charge in [0.1, 0.15) is 11.8 Å². The zero-order valence-electron chi connectivity index (χ0n) is 9.65. The third-order valence-electron chi connectivity index (χ3n) is 2.33. The first-order valence-electron chi connectivity index (χ1n) is 5.10. The second kappa shape index (κ2) is 6.60. The van der Waals surface area contributed by atoms with Crippen LogP contribution in [0, 0.1) is 0 Å². The number of aliphatic hydroxyl groups excluding tert-OH is 2. The molecule has 9 heteroatoms. The van der Waals surface area contributed by atoms with Gasteiger partial charge in [-0.1, -0.05) is 5.11 Å². The van der Waals surface area contributed by atoms with Crippen molar-refractivity contribution in [3.63, 3.8) is 0 Å². The van der Waals surface area contributed by atoms with Crippen molar-refractivity contribution in [1.82, 2.24) is 10.2 Å². The molecule has 0 aromatic carbocycles. The molecular formula is C9H13N5O4. The average Bonchev–Trinajstić information content (AvgIpc) is 2.86. The highest BCUT2D eigenvalue weighted by Crippen LogP contribution is 2.21. The zero-order valence-corrected chi connectivity index (χ0v) is 9.65. The SMILES string of the molecule is COC(=O)c1[nH]ncc1C(O)C(O)CCN=[N+]=[N-]. The van der Waals surface area contributed by atoms with Crippen LogP contribution in [0.2, 0.25) is 0 Å². The number of aromatic amines is 1. The Hall–Kier alpha value is -2.09. The fraction of sp³-hybridized carbons (Fsp3) is 0.556. The Kier molecular flexibility index (Phi) is 5.12. The van der Waals surface area contributed by atoms with Crippen molar-refractivity contribution < 1.29 is 19.7 Å². The first kappa shape index (κ1) is 14.0. The van der Waals surface area contributed by atoms with Gasteiger partial charge < -0.3 is 14.9 Å². The van der Waals surface area contributed by atoms with Gasteiger partial charge in [0, 0.05) is 17.0 Å². The second-order valence-corrected chi connectivity index (χ2v) is 3.45. The van der Waals surface area contributed by atoms with Crippen LogP contribution in [0.3, 0.4) is 0 Å². The van der Waals surface area contributed by atoms with E-state index in [2.05, 4.69) is 25.0 Å². The molecule has 1 aromatic heterocycles. The zero-order chi connectivity index (χ0) is 13.5. The van der Waals surface area contributed by atoms with Crippen LogP contribution in [0.5, 0.6) is 0 Å². The van der Waals surface area contributed by atoms with Gasteiger partial charge in [-0.2, -0.15) is 5.10 Å². The molecular weight excluding hydrogens is 242 g/mol. The Morgan fingerprint density at radius 1 is 1.72 bits per heavy atom. The summed E-state index contributed by atoms with van der Waals surface area (Å²) in [5, 5.41) is 28.8. The van der Waals surface area contributed by atoms with Gasteiger partial charge in [0.25, 0.3) is 0 Å². The molecule has 0 fully saturated rings. The maximum Gasteiger partial charge on any atom is 0.356 e. The number of methoxy groups -OCH3 is 1. The number of ether oxygens (including phenoxy) is 1. The van der Waals surface area contributed by atoms with E-state index in [9.17, 15) is 15.0 Å². The molecule has 0 radical (unpaired) electrons. The van der Waals surface area contributed by atoms with Crippen molar-refractivity contribution in [2.75, 3.05) is 13.7 Å². The highest BCUT2D eigenvalue weighted by atomic mass is 16.5. The predicted octanol–water partition coefficient (Wildman–Crippen LogP) is 0.291. The van der Waals surface area contributed by atoms with Crippen LogP contribution in [0.25, 0.3) is 10.4 Å². The maximum absolute atomic E-state index is 11.3. The highest BCUT2D eigenvalue weighted by molar-refractivity contribution is 5.88. The molecule has 3 N–H and O–H groups in total. The number of aliphatic hydroxyl groups is 2. The Morgan fingerprint density at radius 3 is 3.06 bits per heavy atom. The first-order chi connectivity index (χ1) is 8.61. The third kappa shape index (κ3) is 3.20. The first-order valence-corrected chi connectivity index (χ1v) is 5.10. The Balaban J connectivity index is 2.77. The molecule has 0 aliphatic carbocycles. The number of aromatic nitrogens is 2. The van der Waals surface area contributed by atoms with Gasteiger partial charge in [-0.05, 0) is 12.0 Å². The number of carbonyl (C=O) groups is 1. The molecule has 9 nitrogen and oxygen atoms in total. The van der Waals surface area contributed by atoms with E-state index in [1.54, 1.807) is 0 Å². The van der Waals surface area contributed by atoms with Crippen LogP contribution in [0.1, 0.15) is 28.6 Å². The highest BCUT2D eigenvalue weighted by Gasteiger charge is 2.25. The number of nitrogens with zero attached hydrogens (tertiary/aromatic N) is 4. The van der Waals surface area contributed by atoms with Crippen LogP contribution in [-0.2, 0) is 4.74 Å². The molecule has 2 atom stereocenters. The second-order valence-electron chi connectivity index (χ2n) is 3.45. The van der Waals surface area contributed by atoms with Gasteiger partial charge >= 0.3 is 5.97 Å². The largest absolute Gasteiger partial charge is 0.464 e. The van der Waals surface area contributed by atoms with Crippen molar-refractivity contribution in [3.05, 3.63) is 27.9 Å². The molecule has 0 spiro atoms. The topological polar surface area (TPSA) is 144 Å². The summed E-state index contributed by atoms with van der Waals surface area (Å²) >= 11 is 0. The van der Waals surface area contributed by atoms with Gasteiger partial charge in [-0.25, -0.2) is 4.79 Å². The number of hydrogen-bond donors (Lipinski definition) is 3. The van der Waals surface area contributed by atoms with Crippen molar-refractivity contribution in [2.24, 2.45) is 5.11 Å². The lowest BCUT2D eigenvalue weighted by atomic mass is 10.0. The maximum atomic E-state index is 11.3. The lowest BCUT2D eigenvalue weighted by Crippen LogP contribution is -2.21. The molecule has 0 saturated carbocycles. The summed E-state index contributed by atoms with van der Waals surface area (Å²) in [7, 11) is 1.19. The molecule has 1 heterocycles. The van der Waals surface area contributed by atoms with Crippen molar-refractivity contribution >= 4 is 5.97 Å². The van der Waals surface area contributed by atoms with Crippen LogP contribution in [0.4, 0.5) is 0 Å². The lowest BCUT2D eigenvalue weighted by molar-refractivity contribution is 0.0138. The summed E-state index contributed by atoms with van der Waals surface area (Å²) in [6.45, 7) is 0.0418. The monoisotopic (exact) mass is 255 g/mol. The van der Waals surface area contributed by atoms with E-state index in [0.29, 0.717) is 0 Å². The van der Waals surface area contributed by atoms with Gasteiger partial charge in [-0.3, -0.25) is 5.10 Å². The van der Waals surface area contributed by atoms with Crippen LogP contribution >= 0.6 is 0 Å². The fourth-order valence-electron chi connectivity index (χ4n) is 1.39. The van der Waals surface area contributed by atoms with Crippen molar-refractivity contribution in [1.29, 1.82) is 0 Å². The van der Waals surface area contributed by atoms with E-state index in [-0.39, 0.29) is 24.2 Å². The predicted molar refractivity (Wildman–Crippen MR) is 59.5 cm³/mol. The molecule has 0 aliphatic heterocycles. The van der Waals surface area contributed by atoms with Crippen LogP contribution < -0.4 is 0 Å². The number of carbonyl (C=O) groups excluding carboxylic acids is 1. The Bertz CT molecular complexity index is 454. The van der Waals surface area contributed by atoms with E-state index in [1.807, 2.05) is 0 Å². The molecule has 18 heavy (non-hydrogen) atoms. The molecule has 0 bridgehead atoms. The molecule has 0 aliphatic rings. The summed E-state index contributed by atoms with van der Waals surface area (Å²) in [5.41, 5.74) is 8.20. The minimum absolute atomic E-state index is 0.0205. The summed E-state index contributed by atoms with van der Waals surface area (Å²) in [4.78, 5) is 13.9. The third-order valence-corrected chi connectivity index (χ3v) is 2.33. The molecule has 1 rings (SSSR count). The smallest absolute Gasteiger partial charge is 0.356 e. The van der Waals surface area contributed by atoms with Crippen molar-refractivity contribution in [3.8, 4) is 0 Å². The molecule has 0 amide bonds. The van der Waals surface area contributed by atoms with Gasteiger partial charge in [0.05, 0.1) is 19.4 Å². The number of H-pyrrole nitrogens is 1. The van der Waals surface area contributed by atoms with E-state index in [4.69, 9.17) is 5.53 Å². The summed E-state index contributed by atoms with van der Waals surface area (Å²) < 4.78 is 4.49. The van der Waals surface area contributed by atoms with Crippen molar-refractivity contribution in [2.45, 2.75) is 18.6 Å². The number of nitrogens with one attached hydrogen (secondary N) is 1. The summed E-state index contributed by atoms with van der Waals surface area (Å²) in [6.07, 6.45) is -1.19. The normalized spacial score (nSPS) is 13.5. The lowest BCUT2D eigenvalue weighted by Gasteiger charge is -2.16. The van der Waals surface area contributed by atoms with Gasteiger partial charge in [0.15, 0.2) is 0 Å². The number of rotatable bonds is 6.